The largest absolute Gasteiger partial charge is 0.467 e. The van der Waals surface area contributed by atoms with Crippen molar-refractivity contribution >= 4 is 39.1 Å². The number of hydrogen-bond donors (Lipinski definition) is 0. The summed E-state index contributed by atoms with van der Waals surface area (Å²) in [6.45, 7) is 8.74. The van der Waals surface area contributed by atoms with Crippen molar-refractivity contribution < 1.29 is 9.21 Å². The lowest BCUT2D eigenvalue weighted by Gasteiger charge is -2.12. The molecular weight excluding hydrogens is 466 g/mol. The number of carbonyl (C=O) groups excluding carboxylic acids is 1. The molecule has 4 aromatic rings. The van der Waals surface area contributed by atoms with Gasteiger partial charge in [0.2, 0.25) is 0 Å². The second-order valence-electron chi connectivity index (χ2n) is 8.65. The monoisotopic (exact) mass is 493 g/mol. The van der Waals surface area contributed by atoms with Gasteiger partial charge >= 0.3 is 0 Å². The van der Waals surface area contributed by atoms with E-state index in [0.717, 1.165) is 53.0 Å². The van der Waals surface area contributed by atoms with Crippen LogP contribution in [0.3, 0.4) is 0 Å². The summed E-state index contributed by atoms with van der Waals surface area (Å²) in [7, 11) is 0. The molecule has 0 amide bonds. The first kappa shape index (κ1) is 22.9. The molecule has 0 saturated carbocycles. The van der Waals surface area contributed by atoms with Crippen molar-refractivity contribution in [1.82, 2.24) is 14.1 Å². The molecule has 0 N–H and O–H groups in total. The predicted octanol–water partition coefficient (Wildman–Crippen LogP) is 5.56. The average molecular weight is 494 g/mol. The van der Waals surface area contributed by atoms with Crippen LogP contribution in [0.4, 0.5) is 0 Å². The van der Waals surface area contributed by atoms with Crippen LogP contribution in [0.2, 0.25) is 0 Å². The van der Waals surface area contributed by atoms with Gasteiger partial charge in [-0.05, 0) is 63.3 Å². The van der Waals surface area contributed by atoms with E-state index in [1.165, 1.54) is 22.2 Å². The third-order valence-electron chi connectivity index (χ3n) is 6.45. The molecule has 4 heterocycles. The molecule has 1 aliphatic rings. The van der Waals surface area contributed by atoms with E-state index in [2.05, 4.69) is 11.1 Å². The molecule has 0 aliphatic heterocycles. The number of carbonyl (C=O) groups is 1. The van der Waals surface area contributed by atoms with E-state index in [9.17, 15) is 9.59 Å². The molecule has 6 nitrogen and oxygen atoms in total. The molecule has 0 saturated heterocycles. The Labute approximate surface area is 206 Å². The smallest absolute Gasteiger partial charge is 0.263 e. The fourth-order valence-electron chi connectivity index (χ4n) is 4.71. The van der Waals surface area contributed by atoms with Gasteiger partial charge in [-0.25, -0.2) is 4.98 Å². The van der Waals surface area contributed by atoms with Crippen LogP contribution >= 0.6 is 23.1 Å². The molecule has 0 bridgehead atoms. The molecule has 176 valence electrons. The van der Waals surface area contributed by atoms with Crippen molar-refractivity contribution in [2.24, 2.45) is 0 Å². The van der Waals surface area contributed by atoms with Crippen molar-refractivity contribution in [3.8, 4) is 0 Å². The van der Waals surface area contributed by atoms with Gasteiger partial charge in [-0.3, -0.25) is 14.2 Å². The number of aromatic nitrogens is 3. The minimum Gasteiger partial charge on any atom is -0.467 e. The first-order valence-corrected chi connectivity index (χ1v) is 13.3. The number of furan rings is 1. The van der Waals surface area contributed by atoms with E-state index in [-0.39, 0.29) is 17.1 Å². The highest BCUT2D eigenvalue weighted by Crippen LogP contribution is 2.35. The summed E-state index contributed by atoms with van der Waals surface area (Å²) in [4.78, 5) is 33.5. The van der Waals surface area contributed by atoms with Crippen molar-refractivity contribution in [3.63, 3.8) is 0 Å². The first-order valence-electron chi connectivity index (χ1n) is 11.5. The van der Waals surface area contributed by atoms with E-state index in [1.807, 2.05) is 32.0 Å². The van der Waals surface area contributed by atoms with E-state index >= 15 is 0 Å². The normalized spacial score (nSPS) is 13.4. The average Bonchev–Trinajstić information content (AvgIpc) is 3.54. The molecule has 1 aliphatic carbocycles. The number of hydrogen-bond acceptors (Lipinski definition) is 6. The number of thiophene rings is 1. The van der Waals surface area contributed by atoms with Gasteiger partial charge in [0.1, 0.15) is 10.6 Å². The lowest BCUT2D eigenvalue weighted by atomic mass is 9.97. The molecule has 0 fully saturated rings. The van der Waals surface area contributed by atoms with E-state index in [4.69, 9.17) is 9.40 Å². The van der Waals surface area contributed by atoms with Gasteiger partial charge in [-0.15, -0.1) is 17.9 Å². The Morgan fingerprint density at radius 3 is 2.88 bits per heavy atom. The molecule has 0 atom stereocenters. The van der Waals surface area contributed by atoms with Gasteiger partial charge in [0.05, 0.1) is 23.9 Å². The zero-order valence-electron chi connectivity index (χ0n) is 19.4. The summed E-state index contributed by atoms with van der Waals surface area (Å²) in [5, 5.41) is 1.34. The zero-order valence-corrected chi connectivity index (χ0v) is 21.1. The Hall–Kier alpha value is -2.84. The van der Waals surface area contributed by atoms with Crippen molar-refractivity contribution in [2.75, 3.05) is 5.75 Å². The molecular formula is C26H27N3O3S2. The van der Waals surface area contributed by atoms with Gasteiger partial charge in [0.25, 0.3) is 5.56 Å². The predicted molar refractivity (Wildman–Crippen MR) is 137 cm³/mol. The van der Waals surface area contributed by atoms with Crippen LogP contribution in [-0.4, -0.2) is 25.7 Å². The van der Waals surface area contributed by atoms with Crippen LogP contribution in [0.5, 0.6) is 0 Å². The number of rotatable bonds is 8. The maximum Gasteiger partial charge on any atom is 0.263 e. The molecule has 4 aromatic heterocycles. The molecule has 0 radical (unpaired) electrons. The van der Waals surface area contributed by atoms with Crippen LogP contribution in [0.1, 0.15) is 50.8 Å². The Morgan fingerprint density at radius 2 is 2.12 bits per heavy atom. The van der Waals surface area contributed by atoms with E-state index in [0.29, 0.717) is 23.8 Å². The minimum absolute atomic E-state index is 0.0177. The third kappa shape index (κ3) is 4.09. The van der Waals surface area contributed by atoms with Gasteiger partial charge in [0, 0.05) is 28.4 Å². The van der Waals surface area contributed by atoms with Gasteiger partial charge < -0.3 is 8.98 Å². The number of nitrogens with zero attached hydrogens (tertiary/aromatic N) is 3. The summed E-state index contributed by atoms with van der Waals surface area (Å²) in [6, 6.07) is 5.73. The van der Waals surface area contributed by atoms with Crippen molar-refractivity contribution in [3.05, 3.63) is 80.6 Å². The molecule has 5 rings (SSSR count). The third-order valence-corrected chi connectivity index (χ3v) is 8.61. The molecule has 0 unspecified atom stereocenters. The minimum atomic E-state index is -0.0177. The highest BCUT2D eigenvalue weighted by molar-refractivity contribution is 7.99. The lowest BCUT2D eigenvalue weighted by molar-refractivity contribution is 0.102. The van der Waals surface area contributed by atoms with E-state index in [1.54, 1.807) is 28.2 Å². The van der Waals surface area contributed by atoms with Crippen LogP contribution in [0, 0.1) is 13.8 Å². The van der Waals surface area contributed by atoms with Crippen LogP contribution in [0.25, 0.3) is 10.2 Å². The molecule has 0 spiro atoms. The number of ketones is 1. The summed E-state index contributed by atoms with van der Waals surface area (Å²) >= 11 is 2.96. The van der Waals surface area contributed by atoms with Gasteiger partial charge in [0.15, 0.2) is 10.9 Å². The number of aryl methyl sites for hydroxylation is 3. The summed E-state index contributed by atoms with van der Waals surface area (Å²) < 4.78 is 9.23. The lowest BCUT2D eigenvalue weighted by Crippen LogP contribution is -2.23. The van der Waals surface area contributed by atoms with E-state index < -0.39 is 0 Å². The number of Topliss-reactive ketones (excluding diaryl/α,β-unsaturated/α-hetero) is 1. The van der Waals surface area contributed by atoms with Gasteiger partial charge in [-0.1, -0.05) is 17.8 Å². The maximum atomic E-state index is 13.4. The molecule has 0 aromatic carbocycles. The molecule has 8 heteroatoms. The number of fused-ring (bicyclic) bond motifs is 3. The first-order chi connectivity index (χ1) is 16.5. The second kappa shape index (κ2) is 9.43. The maximum absolute atomic E-state index is 13.4. The highest BCUT2D eigenvalue weighted by Gasteiger charge is 2.23. The fourth-order valence-corrected chi connectivity index (χ4v) is 6.91. The molecule has 34 heavy (non-hydrogen) atoms. The van der Waals surface area contributed by atoms with Crippen molar-refractivity contribution in [1.29, 1.82) is 0 Å². The van der Waals surface area contributed by atoms with Crippen molar-refractivity contribution in [2.45, 2.75) is 57.8 Å². The standard InChI is InChI=1S/C26H27N3O3S2/c1-4-11-28-25(31)23-19-9-5-6-10-22(19)34-24(23)27-26(28)33-15-21(30)20-13-16(2)29(17(20)3)14-18-8-7-12-32-18/h4,7-8,12-13H,1,5-6,9-11,14-15H2,2-3H3. The SMILES string of the molecule is C=CCn1c(SCC(=O)c2cc(C)n(Cc3ccco3)c2C)nc2sc3c(c2c1=O)CCCC3. The number of thioether (sulfide) groups is 1. The van der Waals surface area contributed by atoms with Crippen LogP contribution in [-0.2, 0) is 25.9 Å². The Morgan fingerprint density at radius 1 is 1.29 bits per heavy atom. The quantitative estimate of drug-likeness (QED) is 0.139. The van der Waals surface area contributed by atoms with Gasteiger partial charge in [-0.2, -0.15) is 0 Å². The van der Waals surface area contributed by atoms with Crippen LogP contribution in [0.15, 0.2) is 51.5 Å². The Kier molecular flexibility index (Phi) is 6.36. The Bertz CT molecular complexity index is 1440. The second-order valence-corrected chi connectivity index (χ2v) is 10.7. The number of allylic oxidation sites excluding steroid dienone is 1. The summed E-state index contributed by atoms with van der Waals surface area (Å²) in [6.07, 6.45) is 7.60. The summed E-state index contributed by atoms with van der Waals surface area (Å²) in [5.41, 5.74) is 3.78. The highest BCUT2D eigenvalue weighted by atomic mass is 32.2. The zero-order chi connectivity index (χ0) is 23.8. The Balaban J connectivity index is 1.43. The summed E-state index contributed by atoms with van der Waals surface area (Å²) in [5.74, 6) is 1.08. The fraction of sp³-hybridized carbons (Fsp3) is 0.346. The topological polar surface area (TPSA) is 70.0 Å². The van der Waals surface area contributed by atoms with Crippen LogP contribution < -0.4 is 5.56 Å².